The van der Waals surface area contributed by atoms with Crippen molar-refractivity contribution in [3.8, 4) is 0 Å². The first-order valence-corrected chi connectivity index (χ1v) is 17.3. The molecule has 2 aromatic carbocycles. The summed E-state index contributed by atoms with van der Waals surface area (Å²) in [6.45, 7) is 8.40. The van der Waals surface area contributed by atoms with Crippen LogP contribution in [0.4, 0.5) is 11.4 Å². The molecule has 1 heterocycles. The number of fused-ring (bicyclic) bond motifs is 1. The van der Waals surface area contributed by atoms with Crippen molar-refractivity contribution in [3.05, 3.63) is 52.0 Å². The SMILES string of the molecule is CC(=O)N1CC(CC(C)(C)C(=O)O)c2cc(N(CP(=O)(O)OCOC(=O)C(C)(C)C)S(=O)(=O)c3cc(Cl)cc(Cl)c3)ccc21. The second-order valence-corrected chi connectivity index (χ2v) is 16.7. The van der Waals surface area contributed by atoms with Gasteiger partial charge in [0.25, 0.3) is 10.0 Å². The third kappa shape index (κ3) is 8.32. The summed E-state index contributed by atoms with van der Waals surface area (Å²) in [4.78, 5) is 48.2. The van der Waals surface area contributed by atoms with Gasteiger partial charge in [0, 0.05) is 35.1 Å². The van der Waals surface area contributed by atoms with Crippen molar-refractivity contribution < 1.29 is 46.6 Å². The van der Waals surface area contributed by atoms with Crippen molar-refractivity contribution in [3.63, 3.8) is 0 Å². The molecule has 0 radical (unpaired) electrons. The van der Waals surface area contributed by atoms with Gasteiger partial charge in [0.2, 0.25) is 12.7 Å². The first kappa shape index (κ1) is 35.8. The van der Waals surface area contributed by atoms with Crippen LogP contribution in [0.25, 0.3) is 0 Å². The number of carboxylic acid groups (broad SMARTS) is 1. The number of sulfonamides is 1. The third-order valence-electron chi connectivity index (χ3n) is 6.94. The first-order chi connectivity index (χ1) is 20.0. The zero-order valence-corrected chi connectivity index (χ0v) is 28.3. The number of aliphatic carboxylic acids is 1. The van der Waals surface area contributed by atoms with E-state index in [1.165, 1.54) is 36.1 Å². The van der Waals surface area contributed by atoms with Gasteiger partial charge in [0.05, 0.1) is 21.4 Å². The summed E-state index contributed by atoms with van der Waals surface area (Å²) in [5, 5.41) is 9.72. The number of hydrogen-bond donors (Lipinski definition) is 2. The van der Waals surface area contributed by atoms with Gasteiger partial charge in [-0.05, 0) is 83.0 Å². The lowest BCUT2D eigenvalue weighted by molar-refractivity contribution is -0.159. The molecule has 1 aliphatic heterocycles. The Bertz CT molecular complexity index is 1600. The minimum atomic E-state index is -4.81. The lowest BCUT2D eigenvalue weighted by Crippen LogP contribution is -2.33. The number of halogens is 2. The second kappa shape index (κ2) is 13.0. The number of carbonyl (C=O) groups excluding carboxylic acids is 2. The molecule has 3 rings (SSSR count). The zero-order valence-electron chi connectivity index (χ0n) is 25.0. The van der Waals surface area contributed by atoms with E-state index in [0.29, 0.717) is 15.6 Å². The molecule has 1 aliphatic rings. The molecule has 2 unspecified atom stereocenters. The smallest absolute Gasteiger partial charge is 0.351 e. The summed E-state index contributed by atoms with van der Waals surface area (Å²) in [6.07, 6.45) is -0.993. The number of nitrogens with zero attached hydrogens (tertiary/aromatic N) is 2. The highest BCUT2D eigenvalue weighted by Crippen LogP contribution is 2.48. The van der Waals surface area contributed by atoms with Crippen LogP contribution in [-0.4, -0.2) is 55.9 Å². The number of benzene rings is 2. The lowest BCUT2D eigenvalue weighted by Gasteiger charge is -2.28. The summed E-state index contributed by atoms with van der Waals surface area (Å²) in [6, 6.07) is 7.82. The van der Waals surface area contributed by atoms with Gasteiger partial charge in [-0.2, -0.15) is 0 Å². The van der Waals surface area contributed by atoms with E-state index in [4.69, 9.17) is 32.5 Å². The second-order valence-electron chi connectivity index (χ2n) is 12.1. The highest BCUT2D eigenvalue weighted by Gasteiger charge is 2.40. The molecule has 0 bridgehead atoms. The quantitative estimate of drug-likeness (QED) is 0.166. The molecule has 242 valence electrons. The van der Waals surface area contributed by atoms with E-state index in [1.54, 1.807) is 34.6 Å². The predicted octanol–water partition coefficient (Wildman–Crippen LogP) is 5.85. The molecule has 0 spiro atoms. The van der Waals surface area contributed by atoms with Crippen molar-refractivity contribution in [1.82, 2.24) is 0 Å². The zero-order chi connectivity index (χ0) is 33.4. The lowest BCUT2D eigenvalue weighted by atomic mass is 9.80. The van der Waals surface area contributed by atoms with Crippen LogP contribution >= 0.6 is 30.8 Å². The highest BCUT2D eigenvalue weighted by molar-refractivity contribution is 7.93. The van der Waals surface area contributed by atoms with Crippen LogP contribution in [0.15, 0.2) is 41.3 Å². The van der Waals surface area contributed by atoms with Crippen molar-refractivity contribution in [2.24, 2.45) is 10.8 Å². The van der Waals surface area contributed by atoms with Crippen LogP contribution < -0.4 is 9.21 Å². The number of amides is 1. The Kier molecular flexibility index (Phi) is 10.6. The summed E-state index contributed by atoms with van der Waals surface area (Å²) >= 11 is 12.1. The van der Waals surface area contributed by atoms with E-state index in [-0.39, 0.29) is 39.5 Å². The molecule has 2 atom stereocenters. The molecule has 0 aromatic heterocycles. The van der Waals surface area contributed by atoms with Gasteiger partial charge in [0.1, 0.15) is 6.29 Å². The molecule has 0 fully saturated rings. The molecule has 12 nitrogen and oxygen atoms in total. The molecule has 44 heavy (non-hydrogen) atoms. The van der Waals surface area contributed by atoms with E-state index >= 15 is 0 Å². The summed E-state index contributed by atoms with van der Waals surface area (Å²) in [7, 11) is -9.45. The summed E-state index contributed by atoms with van der Waals surface area (Å²) in [5.74, 6) is -2.56. The van der Waals surface area contributed by atoms with Crippen LogP contribution in [0.5, 0.6) is 0 Å². The molecule has 2 aromatic rings. The summed E-state index contributed by atoms with van der Waals surface area (Å²) < 4.78 is 51.7. The maximum absolute atomic E-state index is 14.0. The van der Waals surface area contributed by atoms with Gasteiger partial charge in [-0.15, -0.1) is 0 Å². The maximum Gasteiger partial charge on any atom is 0.351 e. The normalized spacial score (nSPS) is 16.7. The molecular weight excluding hydrogens is 658 g/mol. The average Bonchev–Trinajstić information content (AvgIpc) is 3.23. The van der Waals surface area contributed by atoms with Crippen molar-refractivity contribution in [2.75, 3.05) is 28.8 Å². The largest absolute Gasteiger partial charge is 0.481 e. The van der Waals surface area contributed by atoms with E-state index in [1.807, 2.05) is 0 Å². The molecule has 2 N–H and O–H groups in total. The Morgan fingerprint density at radius 2 is 1.66 bits per heavy atom. The number of carboxylic acids is 1. The number of ether oxygens (including phenoxy) is 1. The van der Waals surface area contributed by atoms with E-state index in [0.717, 1.165) is 12.1 Å². The highest BCUT2D eigenvalue weighted by atomic mass is 35.5. The topological polar surface area (TPSA) is 168 Å². The maximum atomic E-state index is 14.0. The number of hydrogen-bond acceptors (Lipinski definition) is 8. The fourth-order valence-corrected chi connectivity index (χ4v) is 8.23. The van der Waals surface area contributed by atoms with Crippen LogP contribution in [0.2, 0.25) is 10.0 Å². The van der Waals surface area contributed by atoms with Gasteiger partial charge < -0.3 is 19.6 Å². The number of rotatable bonds is 11. The van der Waals surface area contributed by atoms with Crippen molar-refractivity contribution in [1.29, 1.82) is 0 Å². The van der Waals surface area contributed by atoms with Gasteiger partial charge in [0.15, 0.2) is 0 Å². The van der Waals surface area contributed by atoms with Gasteiger partial charge in [-0.25, -0.2) is 8.42 Å². The Hall–Kier alpha value is -2.67. The minimum absolute atomic E-state index is 0.00410. The molecule has 0 aliphatic carbocycles. The fourth-order valence-electron chi connectivity index (χ4n) is 4.55. The Morgan fingerprint density at radius 3 is 2.18 bits per heavy atom. The average molecular weight is 694 g/mol. The molecule has 1 amide bonds. The number of anilines is 2. The Balaban J connectivity index is 2.11. The molecular formula is C28H35Cl2N2O10PS. The van der Waals surface area contributed by atoms with Crippen LogP contribution in [0, 0.1) is 10.8 Å². The predicted molar refractivity (Wildman–Crippen MR) is 166 cm³/mol. The van der Waals surface area contributed by atoms with Crippen LogP contribution in [0.3, 0.4) is 0 Å². The number of esters is 1. The standard InChI is InChI=1S/C28H35Cl2N2O10PS/c1-17(33)31-14-18(13-28(5,6)25(34)35)23-12-21(7-8-24(23)31)32(44(39,40)22-10-19(29)9-20(30)11-22)15-43(37,38)42-16-41-26(36)27(2,3)4/h7-12,18H,13-16H2,1-6H3,(H,34,35)(H,37,38). The summed E-state index contributed by atoms with van der Waals surface area (Å²) in [5.41, 5.74) is -1.26. The van der Waals surface area contributed by atoms with E-state index < -0.39 is 59.4 Å². The first-order valence-electron chi connectivity index (χ1n) is 13.3. The van der Waals surface area contributed by atoms with Crippen LogP contribution in [-0.2, 0) is 38.2 Å². The van der Waals surface area contributed by atoms with Crippen LogP contribution in [0.1, 0.15) is 59.4 Å². The molecule has 16 heteroatoms. The Labute approximate surface area is 266 Å². The third-order valence-corrected chi connectivity index (χ3v) is 10.5. The fraction of sp³-hybridized carbons (Fsp3) is 0.464. The van der Waals surface area contributed by atoms with Gasteiger partial charge in [-0.1, -0.05) is 23.2 Å². The van der Waals surface area contributed by atoms with Gasteiger partial charge in [-0.3, -0.25) is 27.8 Å². The Morgan fingerprint density at radius 1 is 1.07 bits per heavy atom. The van der Waals surface area contributed by atoms with Crippen molar-refractivity contribution in [2.45, 2.75) is 58.8 Å². The minimum Gasteiger partial charge on any atom is -0.481 e. The monoisotopic (exact) mass is 692 g/mol. The van der Waals surface area contributed by atoms with E-state index in [2.05, 4.69) is 0 Å². The van der Waals surface area contributed by atoms with Crippen molar-refractivity contribution >= 4 is 70.0 Å². The number of carbonyl (C=O) groups is 3. The molecule has 0 saturated carbocycles. The molecule has 0 saturated heterocycles. The van der Waals surface area contributed by atoms with Gasteiger partial charge >= 0.3 is 19.5 Å². The van der Waals surface area contributed by atoms with E-state index in [9.17, 15) is 37.4 Å².